The highest BCUT2D eigenvalue weighted by Gasteiger charge is 2.24. The molecule has 11 rings (SSSR count). The van der Waals surface area contributed by atoms with Crippen LogP contribution in [0, 0.1) is 0 Å². The molecule has 296 valence electrons. The number of para-hydroxylation sites is 3. The fourth-order valence-corrected chi connectivity index (χ4v) is 8.51. The number of fused-ring (bicyclic) bond motifs is 1. The minimum Gasteiger partial charge on any atom is -0.292 e. The molecule has 0 saturated carbocycles. The molecule has 0 aliphatic heterocycles. The van der Waals surface area contributed by atoms with E-state index in [4.69, 9.17) is 19.9 Å². The average Bonchev–Trinajstić information content (AvgIpc) is 3.77. The van der Waals surface area contributed by atoms with E-state index in [0.717, 1.165) is 107 Å². The third-order valence-corrected chi connectivity index (χ3v) is 11.5. The van der Waals surface area contributed by atoms with Crippen molar-refractivity contribution in [2.45, 2.75) is 0 Å². The molecule has 0 atom stereocenters. The molecule has 0 saturated heterocycles. The maximum atomic E-state index is 5.62. The Labute approximate surface area is 366 Å². The first-order chi connectivity index (χ1) is 31.3. The van der Waals surface area contributed by atoms with Crippen LogP contribution in [0.4, 0.5) is 0 Å². The van der Waals surface area contributed by atoms with Crippen molar-refractivity contribution in [1.82, 2.24) is 24.5 Å². The van der Waals surface area contributed by atoms with Crippen LogP contribution in [0.1, 0.15) is 0 Å². The molecule has 0 unspecified atom stereocenters. The number of imidazole rings is 1. The molecule has 0 bridgehead atoms. The number of benzene rings is 7. The third kappa shape index (κ3) is 7.18. The van der Waals surface area contributed by atoms with Crippen molar-refractivity contribution in [3.63, 3.8) is 0 Å². The molecule has 0 spiro atoms. The second kappa shape index (κ2) is 16.5. The van der Waals surface area contributed by atoms with Crippen LogP contribution in [0.2, 0.25) is 0 Å². The maximum Gasteiger partial charge on any atom is 0.146 e. The normalized spacial score (nSPS) is 11.2. The largest absolute Gasteiger partial charge is 0.292 e. The van der Waals surface area contributed by atoms with Crippen molar-refractivity contribution >= 4 is 11.0 Å². The van der Waals surface area contributed by atoms with E-state index in [9.17, 15) is 0 Å². The van der Waals surface area contributed by atoms with Crippen LogP contribution >= 0.6 is 0 Å². The summed E-state index contributed by atoms with van der Waals surface area (Å²) in [6.45, 7) is 0. The van der Waals surface area contributed by atoms with E-state index < -0.39 is 0 Å². The van der Waals surface area contributed by atoms with Gasteiger partial charge in [-0.25, -0.2) is 19.9 Å². The van der Waals surface area contributed by atoms with Gasteiger partial charge in [0, 0.05) is 44.6 Å². The first-order valence-corrected chi connectivity index (χ1v) is 21.1. The summed E-state index contributed by atoms with van der Waals surface area (Å²) in [5, 5.41) is 0. The highest BCUT2D eigenvalue weighted by atomic mass is 15.1. The zero-order valence-electron chi connectivity index (χ0n) is 34.3. The summed E-state index contributed by atoms with van der Waals surface area (Å²) in [6.07, 6.45) is 0. The molecule has 7 aromatic carbocycles. The fourth-order valence-electron chi connectivity index (χ4n) is 8.51. The van der Waals surface area contributed by atoms with Crippen molar-refractivity contribution < 1.29 is 0 Å². The smallest absolute Gasteiger partial charge is 0.146 e. The molecule has 0 N–H and O–H groups in total. The lowest BCUT2D eigenvalue weighted by Gasteiger charge is -2.19. The summed E-state index contributed by atoms with van der Waals surface area (Å²) in [5.41, 5.74) is 17.0. The van der Waals surface area contributed by atoms with E-state index in [-0.39, 0.29) is 0 Å². The molecular weight excluding hydrogens is 767 g/mol. The molecule has 0 amide bonds. The van der Waals surface area contributed by atoms with Gasteiger partial charge in [0.15, 0.2) is 0 Å². The average molecular weight is 806 g/mol. The topological polar surface area (TPSA) is 56.5 Å². The van der Waals surface area contributed by atoms with Crippen LogP contribution < -0.4 is 0 Å². The van der Waals surface area contributed by atoms with Crippen molar-refractivity contribution in [2.75, 3.05) is 0 Å². The Bertz CT molecular complexity index is 3380. The second-order valence-electron chi connectivity index (χ2n) is 15.4. The van der Waals surface area contributed by atoms with Crippen LogP contribution in [0.15, 0.2) is 237 Å². The zero-order valence-corrected chi connectivity index (χ0v) is 34.3. The number of hydrogen-bond acceptors (Lipinski definition) is 4. The van der Waals surface area contributed by atoms with Crippen molar-refractivity contribution in [2.24, 2.45) is 0 Å². The maximum absolute atomic E-state index is 5.62. The lowest BCUT2D eigenvalue weighted by Crippen LogP contribution is -2.02. The molecule has 0 aliphatic carbocycles. The SMILES string of the molecule is c1ccc(-c2cccc(-c3ccccc3-c3ccc(-c4ccccc4)nc3-c3nc(-c4ccccc4)ccc3-c3ccccc3-c3nc4ccccc4n3-c3ccccc3)n2)cc1. The van der Waals surface area contributed by atoms with Gasteiger partial charge in [0.25, 0.3) is 0 Å². The van der Waals surface area contributed by atoms with Crippen LogP contribution in [0.3, 0.4) is 0 Å². The van der Waals surface area contributed by atoms with Crippen molar-refractivity contribution in [1.29, 1.82) is 0 Å². The summed E-state index contributed by atoms with van der Waals surface area (Å²) in [4.78, 5) is 21.8. The van der Waals surface area contributed by atoms with Crippen LogP contribution in [0.25, 0.3) is 107 Å². The molecule has 5 nitrogen and oxygen atoms in total. The second-order valence-corrected chi connectivity index (χ2v) is 15.4. The molecule has 11 aromatic rings. The molecule has 4 aromatic heterocycles. The Balaban J connectivity index is 1.18. The molecule has 4 heterocycles. The monoisotopic (exact) mass is 805 g/mol. The highest BCUT2D eigenvalue weighted by Crippen LogP contribution is 2.44. The van der Waals surface area contributed by atoms with Crippen molar-refractivity contribution in [3.05, 3.63) is 237 Å². The molecular formula is C58H39N5. The van der Waals surface area contributed by atoms with Gasteiger partial charge in [-0.3, -0.25) is 4.57 Å². The van der Waals surface area contributed by atoms with Gasteiger partial charge >= 0.3 is 0 Å². The minimum atomic E-state index is 0.764. The van der Waals surface area contributed by atoms with Gasteiger partial charge in [0.05, 0.1) is 45.2 Å². The van der Waals surface area contributed by atoms with Gasteiger partial charge in [-0.1, -0.05) is 176 Å². The van der Waals surface area contributed by atoms with E-state index in [2.05, 4.69) is 199 Å². The lowest BCUT2D eigenvalue weighted by atomic mass is 9.90. The zero-order chi connectivity index (χ0) is 42.0. The Kier molecular flexibility index (Phi) is 9.80. The van der Waals surface area contributed by atoms with E-state index >= 15 is 0 Å². The molecule has 0 aliphatic rings. The minimum absolute atomic E-state index is 0.764. The van der Waals surface area contributed by atoms with Gasteiger partial charge in [-0.15, -0.1) is 0 Å². The predicted molar refractivity (Wildman–Crippen MR) is 258 cm³/mol. The van der Waals surface area contributed by atoms with E-state index in [1.807, 2.05) is 42.5 Å². The quantitative estimate of drug-likeness (QED) is 0.146. The van der Waals surface area contributed by atoms with Gasteiger partial charge in [-0.2, -0.15) is 0 Å². The summed E-state index contributed by atoms with van der Waals surface area (Å²) in [6, 6.07) is 81.8. The first-order valence-electron chi connectivity index (χ1n) is 21.1. The molecule has 0 fully saturated rings. The number of aromatic nitrogens is 5. The number of rotatable bonds is 9. The van der Waals surface area contributed by atoms with E-state index in [1.165, 1.54) is 0 Å². The van der Waals surface area contributed by atoms with E-state index in [1.54, 1.807) is 0 Å². The number of hydrogen-bond donors (Lipinski definition) is 0. The number of nitrogens with zero attached hydrogens (tertiary/aromatic N) is 5. The highest BCUT2D eigenvalue weighted by molar-refractivity contribution is 5.97. The third-order valence-electron chi connectivity index (χ3n) is 11.5. The Morgan fingerprint density at radius 1 is 0.254 bits per heavy atom. The summed E-state index contributed by atoms with van der Waals surface area (Å²) in [5.74, 6) is 0.844. The number of pyridine rings is 3. The summed E-state index contributed by atoms with van der Waals surface area (Å²) < 4.78 is 2.26. The van der Waals surface area contributed by atoms with Crippen molar-refractivity contribution in [3.8, 4) is 95.7 Å². The Hall–Kier alpha value is -8.54. The Morgan fingerprint density at radius 2 is 0.683 bits per heavy atom. The predicted octanol–water partition coefficient (Wildman–Crippen LogP) is 14.5. The molecule has 0 radical (unpaired) electrons. The lowest BCUT2D eigenvalue weighted by molar-refractivity contribution is 1.10. The van der Waals surface area contributed by atoms with Gasteiger partial charge < -0.3 is 0 Å². The van der Waals surface area contributed by atoms with E-state index in [0.29, 0.717) is 0 Å². The van der Waals surface area contributed by atoms with Crippen LogP contribution in [0.5, 0.6) is 0 Å². The Morgan fingerprint density at radius 3 is 1.25 bits per heavy atom. The summed E-state index contributed by atoms with van der Waals surface area (Å²) in [7, 11) is 0. The van der Waals surface area contributed by atoms with Crippen LogP contribution in [-0.2, 0) is 0 Å². The van der Waals surface area contributed by atoms with Gasteiger partial charge in [-0.05, 0) is 71.8 Å². The molecule has 63 heavy (non-hydrogen) atoms. The van der Waals surface area contributed by atoms with Gasteiger partial charge in [0.1, 0.15) is 5.82 Å². The first kappa shape index (κ1) is 37.5. The van der Waals surface area contributed by atoms with Gasteiger partial charge in [0.2, 0.25) is 0 Å². The standard InChI is InChI=1S/C58H39N5/c1-5-20-40(21-6-1)50-33-19-34-53(59-50)46-30-15-13-28-44(46)47-36-38-51(41-22-7-2-8-23-41)60-56(47)57-48(37-39-52(61-57)42-24-9-3-10-25-42)45-29-14-16-31-49(45)58-62-54-32-17-18-35-55(54)63(58)43-26-11-4-12-27-43/h1-39H. The fraction of sp³-hybridized carbons (Fsp3) is 0. The van der Waals surface area contributed by atoms with Crippen LogP contribution in [-0.4, -0.2) is 24.5 Å². The molecule has 5 heteroatoms. The summed E-state index contributed by atoms with van der Waals surface area (Å²) >= 11 is 0.